The summed E-state index contributed by atoms with van der Waals surface area (Å²) in [6, 6.07) is 6.65. The number of anilines is 1. The quantitative estimate of drug-likeness (QED) is 0.364. The van der Waals surface area contributed by atoms with Gasteiger partial charge in [0.1, 0.15) is 7.60 Å². The molecule has 0 spiro atoms. The van der Waals surface area contributed by atoms with E-state index in [0.29, 0.717) is 11.3 Å². The minimum atomic E-state index is -3.70. The monoisotopic (exact) mass is 223 g/mol. The van der Waals surface area contributed by atoms with E-state index in [4.69, 9.17) is 5.73 Å². The van der Waals surface area contributed by atoms with Gasteiger partial charge in [-0.3, -0.25) is 0 Å². The van der Waals surface area contributed by atoms with E-state index in [1.165, 1.54) is 0 Å². The van der Waals surface area contributed by atoms with E-state index in [1.54, 1.807) is 24.3 Å². The Hall–Kier alpha value is 0.170. The normalized spacial score (nSPS) is 14.1. The Morgan fingerprint density at radius 2 is 1.93 bits per heavy atom. The van der Waals surface area contributed by atoms with Gasteiger partial charge in [0, 0.05) is 19.0 Å². The molecular weight excluding hydrogens is 212 g/mol. The molecule has 1 aromatic rings. The van der Waals surface area contributed by atoms with E-state index in [0.717, 1.165) is 7.11 Å². The topological polar surface area (TPSA) is 75.4 Å². The van der Waals surface area contributed by atoms with Crippen LogP contribution in [-0.2, 0) is 15.3 Å². The molecule has 4 nitrogen and oxygen atoms in total. The van der Waals surface area contributed by atoms with Crippen molar-refractivity contribution >= 4 is 13.3 Å². The molecule has 0 amide bonds. The van der Waals surface area contributed by atoms with Crippen molar-refractivity contribution in [3.05, 3.63) is 29.8 Å². The van der Waals surface area contributed by atoms with Crippen molar-refractivity contribution in [1.29, 1.82) is 0 Å². The van der Waals surface area contributed by atoms with Crippen molar-refractivity contribution in [3.8, 4) is 0 Å². The van der Waals surface area contributed by atoms with Crippen LogP contribution in [0.1, 0.15) is 5.56 Å². The fraction of sp³-hybridized carbons (Fsp3) is 0.250. The second-order valence-corrected chi connectivity index (χ2v) is 4.60. The van der Waals surface area contributed by atoms with Crippen LogP contribution in [0.3, 0.4) is 0 Å². The molecule has 0 fully saturated rings. The van der Waals surface area contributed by atoms with E-state index < -0.39 is 7.60 Å². The van der Waals surface area contributed by atoms with E-state index in [1.807, 2.05) is 0 Å². The van der Waals surface area contributed by atoms with Gasteiger partial charge < -0.3 is 19.7 Å². The Labute approximate surface area is 105 Å². The largest absolute Gasteiger partial charge is 1.00 e. The standard InChI is InChI=1S/C8H12NO3P.Na/c1-12-13(10,11)6-7-2-4-8(9)5-3-7;/h2-5H,6,9H2,1H3,(H,10,11);/q;+1/p-1. The van der Waals surface area contributed by atoms with Crippen LogP contribution in [0.4, 0.5) is 5.69 Å². The van der Waals surface area contributed by atoms with Crippen molar-refractivity contribution in [2.24, 2.45) is 0 Å². The molecule has 1 rings (SSSR count). The molecule has 0 aliphatic heterocycles. The molecule has 1 atom stereocenters. The van der Waals surface area contributed by atoms with Crippen molar-refractivity contribution in [3.63, 3.8) is 0 Å². The van der Waals surface area contributed by atoms with Crippen LogP contribution in [0.2, 0.25) is 0 Å². The first-order valence-corrected chi connectivity index (χ1v) is 5.46. The third-order valence-electron chi connectivity index (χ3n) is 1.63. The van der Waals surface area contributed by atoms with Gasteiger partial charge in [-0.1, -0.05) is 12.1 Å². The molecule has 14 heavy (non-hydrogen) atoms. The average molecular weight is 223 g/mol. The molecule has 72 valence electrons. The maximum absolute atomic E-state index is 11.0. The zero-order valence-corrected chi connectivity index (χ0v) is 11.2. The Balaban J connectivity index is 0.00000169. The molecule has 0 radical (unpaired) electrons. The van der Waals surface area contributed by atoms with Gasteiger partial charge in [0.2, 0.25) is 0 Å². The van der Waals surface area contributed by atoms with Gasteiger partial charge in [0.05, 0.1) is 0 Å². The molecular formula is C8H11NNaO3P. The zero-order chi connectivity index (χ0) is 9.90. The number of hydrogen-bond acceptors (Lipinski definition) is 4. The van der Waals surface area contributed by atoms with Crippen LogP contribution in [0.5, 0.6) is 0 Å². The van der Waals surface area contributed by atoms with Gasteiger partial charge in [-0.25, -0.2) is 0 Å². The maximum atomic E-state index is 11.0. The van der Waals surface area contributed by atoms with E-state index in [-0.39, 0.29) is 35.7 Å². The number of nitrogens with two attached hydrogens (primary N) is 1. The van der Waals surface area contributed by atoms with E-state index in [9.17, 15) is 9.46 Å². The summed E-state index contributed by atoms with van der Waals surface area (Å²) in [7, 11) is -2.54. The van der Waals surface area contributed by atoms with Crippen LogP contribution in [0.15, 0.2) is 24.3 Å². The fourth-order valence-corrected chi connectivity index (χ4v) is 1.70. The van der Waals surface area contributed by atoms with E-state index >= 15 is 0 Å². The minimum Gasteiger partial charge on any atom is -0.778 e. The number of nitrogen functional groups attached to an aromatic ring is 1. The second kappa shape index (κ2) is 5.91. The van der Waals surface area contributed by atoms with Crippen molar-refractivity contribution < 1.29 is 43.5 Å². The van der Waals surface area contributed by atoms with Crippen LogP contribution < -0.4 is 40.2 Å². The maximum Gasteiger partial charge on any atom is 1.00 e. The zero-order valence-electron chi connectivity index (χ0n) is 8.27. The summed E-state index contributed by atoms with van der Waals surface area (Å²) >= 11 is 0. The average Bonchev–Trinajstić information content (AvgIpc) is 2.09. The van der Waals surface area contributed by atoms with Gasteiger partial charge in [0.25, 0.3) is 0 Å². The number of rotatable bonds is 3. The van der Waals surface area contributed by atoms with E-state index in [2.05, 4.69) is 4.52 Å². The summed E-state index contributed by atoms with van der Waals surface area (Å²) in [5.74, 6) is 0. The number of benzene rings is 1. The van der Waals surface area contributed by atoms with Gasteiger partial charge in [-0.05, 0) is 17.7 Å². The molecule has 6 heteroatoms. The smallest absolute Gasteiger partial charge is 0.778 e. The molecule has 2 N–H and O–H groups in total. The van der Waals surface area contributed by atoms with Crippen molar-refractivity contribution in [2.45, 2.75) is 6.16 Å². The molecule has 0 saturated carbocycles. The summed E-state index contributed by atoms with van der Waals surface area (Å²) in [6.45, 7) is 0. The minimum absolute atomic E-state index is 0. The fourth-order valence-electron chi connectivity index (χ4n) is 0.911. The van der Waals surface area contributed by atoms with Gasteiger partial charge in [-0.15, -0.1) is 0 Å². The molecule has 0 saturated heterocycles. The third-order valence-corrected chi connectivity index (χ3v) is 2.94. The Bertz CT molecular complexity index is 328. The molecule has 0 aromatic heterocycles. The molecule has 0 aliphatic carbocycles. The molecule has 1 aromatic carbocycles. The number of hydrogen-bond donors (Lipinski definition) is 1. The van der Waals surface area contributed by atoms with Crippen molar-refractivity contribution in [2.75, 3.05) is 12.8 Å². The van der Waals surface area contributed by atoms with Gasteiger partial charge >= 0.3 is 29.6 Å². The van der Waals surface area contributed by atoms with Crippen LogP contribution >= 0.6 is 7.60 Å². The third kappa shape index (κ3) is 4.60. The van der Waals surface area contributed by atoms with Crippen LogP contribution in [-0.4, -0.2) is 7.11 Å². The first-order chi connectivity index (χ1) is 6.03. The van der Waals surface area contributed by atoms with Crippen molar-refractivity contribution in [1.82, 2.24) is 0 Å². The van der Waals surface area contributed by atoms with Gasteiger partial charge in [0.15, 0.2) is 0 Å². The predicted octanol–water partition coefficient (Wildman–Crippen LogP) is -2.03. The SMILES string of the molecule is COP(=O)([O-])Cc1ccc(N)cc1.[Na+]. The molecule has 0 aliphatic rings. The van der Waals surface area contributed by atoms with Crippen LogP contribution in [0, 0.1) is 0 Å². The summed E-state index contributed by atoms with van der Waals surface area (Å²) in [5.41, 5.74) is 6.73. The Morgan fingerprint density at radius 1 is 1.43 bits per heavy atom. The summed E-state index contributed by atoms with van der Waals surface area (Å²) in [6.07, 6.45) is -0.0935. The summed E-state index contributed by atoms with van der Waals surface area (Å²) < 4.78 is 15.4. The Kier molecular flexibility index (Phi) is 5.98. The predicted molar refractivity (Wildman–Crippen MR) is 49.2 cm³/mol. The van der Waals surface area contributed by atoms with Gasteiger partial charge in [-0.2, -0.15) is 0 Å². The Morgan fingerprint density at radius 3 is 2.36 bits per heavy atom. The second-order valence-electron chi connectivity index (χ2n) is 2.69. The summed E-state index contributed by atoms with van der Waals surface area (Å²) in [4.78, 5) is 11.0. The molecule has 0 bridgehead atoms. The molecule has 0 heterocycles. The summed E-state index contributed by atoms with van der Waals surface area (Å²) in [5, 5.41) is 0. The molecule has 1 unspecified atom stereocenters. The first kappa shape index (κ1) is 14.2. The first-order valence-electron chi connectivity index (χ1n) is 3.74. The van der Waals surface area contributed by atoms with Crippen LogP contribution in [0.25, 0.3) is 0 Å².